The fraction of sp³-hybridized carbons (Fsp3) is 0.846. The average molecular weight is 267 g/mol. The van der Waals surface area contributed by atoms with Crippen molar-refractivity contribution in [3.8, 4) is 0 Å². The van der Waals surface area contributed by atoms with E-state index in [2.05, 4.69) is 10.2 Å². The highest BCUT2D eigenvalue weighted by molar-refractivity contribution is 7.80. The summed E-state index contributed by atoms with van der Waals surface area (Å²) in [5.74, 6) is 0.0763. The molecule has 5 heteroatoms. The van der Waals surface area contributed by atoms with E-state index >= 15 is 0 Å². The third-order valence-corrected chi connectivity index (χ3v) is 5.22. The zero-order valence-electron chi connectivity index (χ0n) is 10.7. The molecule has 0 aromatic carbocycles. The van der Waals surface area contributed by atoms with E-state index in [4.69, 9.17) is 18.0 Å². The number of rotatable bonds is 3. The van der Waals surface area contributed by atoms with Crippen molar-refractivity contribution in [2.24, 2.45) is 11.1 Å². The van der Waals surface area contributed by atoms with Gasteiger partial charge in [-0.2, -0.15) is 0 Å². The maximum Gasteiger partial charge on any atom is 0.233 e. The third kappa shape index (κ3) is 1.93. The van der Waals surface area contributed by atoms with Crippen molar-refractivity contribution in [3.05, 3.63) is 0 Å². The lowest BCUT2D eigenvalue weighted by molar-refractivity contribution is -0.125. The third-order valence-electron chi connectivity index (χ3n) is 4.83. The number of amides is 1. The van der Waals surface area contributed by atoms with Gasteiger partial charge in [0.1, 0.15) is 0 Å². The lowest BCUT2D eigenvalue weighted by Gasteiger charge is -2.33. The molecule has 0 radical (unpaired) electrons. The molecule has 3 fully saturated rings. The molecule has 1 amide bonds. The van der Waals surface area contributed by atoms with Crippen LogP contribution in [0.1, 0.15) is 38.5 Å². The number of nitrogens with one attached hydrogen (secondary N) is 1. The van der Waals surface area contributed by atoms with Crippen LogP contribution < -0.4 is 11.1 Å². The van der Waals surface area contributed by atoms with Gasteiger partial charge in [0, 0.05) is 18.6 Å². The maximum absolute atomic E-state index is 12.3. The van der Waals surface area contributed by atoms with Crippen LogP contribution in [0.2, 0.25) is 0 Å². The van der Waals surface area contributed by atoms with Crippen molar-refractivity contribution in [2.75, 3.05) is 13.1 Å². The van der Waals surface area contributed by atoms with Crippen molar-refractivity contribution in [3.63, 3.8) is 0 Å². The van der Waals surface area contributed by atoms with Crippen molar-refractivity contribution in [1.82, 2.24) is 10.2 Å². The minimum Gasteiger partial charge on any atom is -0.392 e. The summed E-state index contributed by atoms with van der Waals surface area (Å²) in [6.07, 6.45) is 6.53. The average Bonchev–Trinajstić information content (AvgIpc) is 3.09. The first-order valence-electron chi connectivity index (χ1n) is 6.98. The van der Waals surface area contributed by atoms with E-state index in [1.165, 1.54) is 25.8 Å². The summed E-state index contributed by atoms with van der Waals surface area (Å²) in [4.78, 5) is 15.2. The molecule has 0 aromatic heterocycles. The molecule has 2 unspecified atom stereocenters. The van der Waals surface area contributed by atoms with Gasteiger partial charge in [-0.15, -0.1) is 0 Å². The first-order chi connectivity index (χ1) is 8.63. The number of hydrogen-bond donors (Lipinski definition) is 2. The van der Waals surface area contributed by atoms with Crippen molar-refractivity contribution in [2.45, 2.75) is 50.6 Å². The van der Waals surface area contributed by atoms with Crippen LogP contribution in [0.4, 0.5) is 0 Å². The summed E-state index contributed by atoms with van der Waals surface area (Å²) in [5, 5.41) is 3.21. The second-order valence-electron chi connectivity index (χ2n) is 5.91. The van der Waals surface area contributed by atoms with Crippen LogP contribution in [0.3, 0.4) is 0 Å². The first kappa shape index (κ1) is 12.4. The Balaban J connectivity index is 1.63. The summed E-state index contributed by atoms with van der Waals surface area (Å²) >= 11 is 5.03. The molecule has 2 heterocycles. The number of fused-ring (bicyclic) bond motifs is 1. The molecule has 1 saturated carbocycles. The van der Waals surface area contributed by atoms with Gasteiger partial charge < -0.3 is 11.1 Å². The number of nitrogens with two attached hydrogens (primary N) is 1. The molecule has 2 aliphatic heterocycles. The molecule has 3 rings (SSSR count). The molecule has 4 nitrogen and oxygen atoms in total. The quantitative estimate of drug-likeness (QED) is 0.743. The molecule has 3 aliphatic rings. The highest BCUT2D eigenvalue weighted by Gasteiger charge is 2.53. The van der Waals surface area contributed by atoms with E-state index in [0.29, 0.717) is 17.1 Å². The number of carbonyl (C=O) groups is 1. The summed E-state index contributed by atoms with van der Waals surface area (Å²) in [7, 11) is 0. The molecule has 0 aromatic rings. The maximum atomic E-state index is 12.3. The fourth-order valence-corrected chi connectivity index (χ4v) is 3.73. The fourth-order valence-electron chi connectivity index (χ4n) is 3.43. The number of hydrogen-bond acceptors (Lipinski definition) is 3. The summed E-state index contributed by atoms with van der Waals surface area (Å²) in [6, 6.07) is 0.856. The molecule has 0 spiro atoms. The second-order valence-corrected chi connectivity index (χ2v) is 6.35. The Kier molecular flexibility index (Phi) is 3.06. The minimum atomic E-state index is -0.503. The molecule has 2 atom stereocenters. The molecular formula is C13H21N3OS. The van der Waals surface area contributed by atoms with Crippen LogP contribution in [0.15, 0.2) is 0 Å². The van der Waals surface area contributed by atoms with Crippen molar-refractivity contribution >= 4 is 23.1 Å². The monoisotopic (exact) mass is 267 g/mol. The Morgan fingerprint density at radius 1 is 1.28 bits per heavy atom. The second kappa shape index (κ2) is 4.46. The molecule has 100 valence electrons. The molecule has 1 aliphatic carbocycles. The van der Waals surface area contributed by atoms with E-state index in [0.717, 1.165) is 25.8 Å². The normalized spacial score (nSPS) is 33.8. The lowest BCUT2D eigenvalue weighted by atomic mass is 9.97. The van der Waals surface area contributed by atoms with E-state index in [9.17, 15) is 4.79 Å². The molecule has 0 bridgehead atoms. The van der Waals surface area contributed by atoms with Crippen molar-refractivity contribution in [1.29, 1.82) is 0 Å². The predicted octanol–water partition coefficient (Wildman–Crippen LogP) is 0.796. The first-order valence-corrected chi connectivity index (χ1v) is 7.39. The topological polar surface area (TPSA) is 58.4 Å². The molecule has 2 saturated heterocycles. The number of carbonyl (C=O) groups excluding carboxylic acids is 1. The smallest absolute Gasteiger partial charge is 0.233 e. The Labute approximate surface area is 113 Å². The molecule has 3 N–H and O–H groups in total. The van der Waals surface area contributed by atoms with Crippen molar-refractivity contribution < 1.29 is 4.79 Å². The minimum absolute atomic E-state index is 0.0763. The lowest BCUT2D eigenvalue weighted by Crippen LogP contribution is -2.50. The van der Waals surface area contributed by atoms with E-state index in [1.807, 2.05) is 0 Å². The Morgan fingerprint density at radius 3 is 2.72 bits per heavy atom. The molecular weight excluding hydrogens is 246 g/mol. The Bertz CT molecular complexity index is 380. The van der Waals surface area contributed by atoms with E-state index in [1.54, 1.807) is 0 Å². The van der Waals surface area contributed by atoms with Crippen LogP contribution in [-0.2, 0) is 4.79 Å². The zero-order valence-corrected chi connectivity index (χ0v) is 11.5. The highest BCUT2D eigenvalue weighted by Crippen LogP contribution is 2.46. The van der Waals surface area contributed by atoms with E-state index in [-0.39, 0.29) is 5.91 Å². The largest absolute Gasteiger partial charge is 0.392 e. The van der Waals surface area contributed by atoms with Gasteiger partial charge in [-0.05, 0) is 38.6 Å². The number of nitrogens with zero attached hydrogens (tertiary/aromatic N) is 1. The number of piperidine rings is 1. The summed E-state index contributed by atoms with van der Waals surface area (Å²) < 4.78 is 0. The summed E-state index contributed by atoms with van der Waals surface area (Å²) in [5.41, 5.74) is 5.20. The zero-order chi connectivity index (χ0) is 12.8. The van der Waals surface area contributed by atoms with Crippen LogP contribution >= 0.6 is 12.2 Å². The molecule has 18 heavy (non-hydrogen) atoms. The van der Waals surface area contributed by atoms with Gasteiger partial charge in [0.25, 0.3) is 0 Å². The van der Waals surface area contributed by atoms with Gasteiger partial charge in [0.2, 0.25) is 5.91 Å². The van der Waals surface area contributed by atoms with E-state index < -0.39 is 5.41 Å². The number of thiocarbonyl (C=S) groups is 1. The van der Waals surface area contributed by atoms with Gasteiger partial charge >= 0.3 is 0 Å². The summed E-state index contributed by atoms with van der Waals surface area (Å²) in [6.45, 7) is 2.31. The predicted molar refractivity (Wildman–Crippen MR) is 74.2 cm³/mol. The standard InChI is InChI=1S/C13H21N3OS/c14-11(18)13(5-6-13)12(17)15-9-4-8-16-7-2-1-3-10(9)16/h9-10H,1-8H2,(H2,14,18)(H,15,17). The van der Waals surface area contributed by atoms with Crippen LogP contribution in [0, 0.1) is 5.41 Å². The van der Waals surface area contributed by atoms with Gasteiger partial charge in [-0.25, -0.2) is 0 Å². The van der Waals surface area contributed by atoms with Crippen LogP contribution in [0.5, 0.6) is 0 Å². The van der Waals surface area contributed by atoms with Gasteiger partial charge in [-0.3, -0.25) is 9.69 Å². The van der Waals surface area contributed by atoms with Gasteiger partial charge in [0.05, 0.1) is 10.4 Å². The van der Waals surface area contributed by atoms with Gasteiger partial charge in [-0.1, -0.05) is 18.6 Å². The highest BCUT2D eigenvalue weighted by atomic mass is 32.1. The van der Waals surface area contributed by atoms with Gasteiger partial charge in [0.15, 0.2) is 0 Å². The van der Waals surface area contributed by atoms with Crippen LogP contribution in [0.25, 0.3) is 0 Å². The SMILES string of the molecule is NC(=S)C1(C(=O)NC2CCN3CCCCC23)CC1. The van der Waals surface area contributed by atoms with Crippen LogP contribution in [-0.4, -0.2) is 41.0 Å². The Hall–Kier alpha value is -0.680. The Morgan fingerprint density at radius 2 is 2.06 bits per heavy atom.